The zero-order chi connectivity index (χ0) is 12.4. The molecule has 3 heteroatoms. The van der Waals surface area contributed by atoms with Gasteiger partial charge in [-0.3, -0.25) is 0 Å². The maximum absolute atomic E-state index is 8.91. The molecule has 1 unspecified atom stereocenters. The Hall–Kier alpha value is -1.82. The molecular weight excluding hydrogens is 210 g/mol. The summed E-state index contributed by atoms with van der Waals surface area (Å²) < 4.78 is 2.11. The third-order valence-corrected chi connectivity index (χ3v) is 3.21. The van der Waals surface area contributed by atoms with Gasteiger partial charge in [0.25, 0.3) is 0 Å². The number of nitriles is 1. The van der Waals surface area contributed by atoms with E-state index >= 15 is 0 Å². The molecule has 1 aromatic heterocycles. The first kappa shape index (κ1) is 11.7. The van der Waals surface area contributed by atoms with Crippen molar-refractivity contribution in [3.8, 4) is 6.07 Å². The van der Waals surface area contributed by atoms with E-state index in [1.807, 2.05) is 25.2 Å². The number of benzene rings is 1. The fourth-order valence-electron chi connectivity index (χ4n) is 2.28. The van der Waals surface area contributed by atoms with Crippen molar-refractivity contribution < 1.29 is 0 Å². The Morgan fingerprint density at radius 1 is 1.47 bits per heavy atom. The number of aromatic nitrogens is 2. The van der Waals surface area contributed by atoms with Crippen LogP contribution in [0.1, 0.15) is 44.0 Å². The Balaban J connectivity index is 2.53. The summed E-state index contributed by atoms with van der Waals surface area (Å²) in [5.41, 5.74) is 2.71. The van der Waals surface area contributed by atoms with Crippen LogP contribution in [0, 0.1) is 11.3 Å². The van der Waals surface area contributed by atoms with E-state index in [-0.39, 0.29) is 0 Å². The number of aryl methyl sites for hydroxylation is 1. The molecule has 0 saturated heterocycles. The minimum absolute atomic E-state index is 0.461. The summed E-state index contributed by atoms with van der Waals surface area (Å²) in [4.78, 5) is 4.66. The summed E-state index contributed by atoms with van der Waals surface area (Å²) >= 11 is 0. The third-order valence-electron chi connectivity index (χ3n) is 3.21. The van der Waals surface area contributed by atoms with Gasteiger partial charge in [-0.15, -0.1) is 0 Å². The van der Waals surface area contributed by atoms with Gasteiger partial charge in [0.15, 0.2) is 0 Å². The molecule has 0 aliphatic heterocycles. The van der Waals surface area contributed by atoms with E-state index < -0.39 is 0 Å². The second-order valence-electron chi connectivity index (χ2n) is 4.53. The highest BCUT2D eigenvalue weighted by atomic mass is 15.1. The number of imidazole rings is 1. The van der Waals surface area contributed by atoms with Gasteiger partial charge in [-0.25, -0.2) is 4.98 Å². The van der Waals surface area contributed by atoms with Crippen LogP contribution in [0.25, 0.3) is 11.0 Å². The number of fused-ring (bicyclic) bond motifs is 1. The molecule has 1 atom stereocenters. The lowest BCUT2D eigenvalue weighted by molar-refractivity contribution is 0.606. The van der Waals surface area contributed by atoms with Gasteiger partial charge < -0.3 is 4.57 Å². The zero-order valence-electron chi connectivity index (χ0n) is 10.6. The van der Waals surface area contributed by atoms with Gasteiger partial charge in [-0.2, -0.15) is 5.26 Å². The average molecular weight is 227 g/mol. The predicted molar refractivity (Wildman–Crippen MR) is 68.8 cm³/mol. The molecule has 0 saturated carbocycles. The van der Waals surface area contributed by atoms with Crippen LogP contribution in [0.2, 0.25) is 0 Å². The highest BCUT2D eigenvalue weighted by molar-refractivity contribution is 5.77. The van der Waals surface area contributed by atoms with Gasteiger partial charge in [0, 0.05) is 13.0 Å². The van der Waals surface area contributed by atoms with Crippen molar-refractivity contribution in [1.82, 2.24) is 9.55 Å². The van der Waals surface area contributed by atoms with Crippen LogP contribution in [0.4, 0.5) is 0 Å². The minimum atomic E-state index is 0.461. The summed E-state index contributed by atoms with van der Waals surface area (Å²) in [6, 6.07) is 7.83. The third kappa shape index (κ3) is 2.03. The molecule has 0 N–H and O–H groups in total. The summed E-state index contributed by atoms with van der Waals surface area (Å²) in [5, 5.41) is 8.91. The molecule has 0 bridgehead atoms. The van der Waals surface area contributed by atoms with Gasteiger partial charge in [0.1, 0.15) is 5.82 Å². The van der Waals surface area contributed by atoms with Crippen LogP contribution < -0.4 is 0 Å². The quantitative estimate of drug-likeness (QED) is 0.806. The first-order valence-electron chi connectivity index (χ1n) is 6.03. The smallest absolute Gasteiger partial charge is 0.112 e. The predicted octanol–water partition coefficient (Wildman–Crippen LogP) is 3.35. The summed E-state index contributed by atoms with van der Waals surface area (Å²) in [6.07, 6.45) is 2.30. The Kier molecular flexibility index (Phi) is 3.14. The van der Waals surface area contributed by atoms with Crippen molar-refractivity contribution in [2.24, 2.45) is 7.05 Å². The van der Waals surface area contributed by atoms with Crippen LogP contribution in [-0.4, -0.2) is 9.55 Å². The van der Waals surface area contributed by atoms with Gasteiger partial charge in [0.2, 0.25) is 0 Å². The molecule has 0 spiro atoms. The number of rotatable bonds is 3. The molecular formula is C14H17N3. The maximum Gasteiger partial charge on any atom is 0.112 e. The lowest BCUT2D eigenvalue weighted by Crippen LogP contribution is -2.02. The molecule has 2 rings (SSSR count). The Labute approximate surface area is 102 Å². The standard InChI is InChI=1S/C14H17N3/c1-4-5-10(2)14-16-12-7-6-11(9-15)8-13(12)17(14)3/h6-8,10H,4-5H2,1-3H3. The normalized spacial score (nSPS) is 12.6. The van der Waals surface area contributed by atoms with Crippen molar-refractivity contribution in [2.45, 2.75) is 32.6 Å². The van der Waals surface area contributed by atoms with E-state index in [4.69, 9.17) is 5.26 Å². The van der Waals surface area contributed by atoms with E-state index in [9.17, 15) is 0 Å². The topological polar surface area (TPSA) is 41.6 Å². The Morgan fingerprint density at radius 3 is 2.88 bits per heavy atom. The minimum Gasteiger partial charge on any atom is -0.331 e. The fraction of sp³-hybridized carbons (Fsp3) is 0.429. The van der Waals surface area contributed by atoms with Gasteiger partial charge in [0.05, 0.1) is 22.7 Å². The fourth-order valence-corrected chi connectivity index (χ4v) is 2.28. The van der Waals surface area contributed by atoms with Crippen molar-refractivity contribution in [3.05, 3.63) is 29.6 Å². The van der Waals surface area contributed by atoms with Crippen molar-refractivity contribution in [3.63, 3.8) is 0 Å². The number of nitrogens with zero attached hydrogens (tertiary/aromatic N) is 3. The number of hydrogen-bond donors (Lipinski definition) is 0. The second kappa shape index (κ2) is 4.58. The summed E-state index contributed by atoms with van der Waals surface area (Å²) in [7, 11) is 2.03. The first-order valence-corrected chi connectivity index (χ1v) is 6.03. The molecule has 1 aromatic carbocycles. The molecule has 3 nitrogen and oxygen atoms in total. The highest BCUT2D eigenvalue weighted by Gasteiger charge is 2.13. The lowest BCUT2D eigenvalue weighted by atomic mass is 10.1. The van der Waals surface area contributed by atoms with E-state index in [1.165, 1.54) is 0 Å². The molecule has 17 heavy (non-hydrogen) atoms. The number of hydrogen-bond acceptors (Lipinski definition) is 2. The van der Waals surface area contributed by atoms with Crippen molar-refractivity contribution in [1.29, 1.82) is 5.26 Å². The van der Waals surface area contributed by atoms with Gasteiger partial charge in [-0.05, 0) is 24.6 Å². The molecule has 0 aliphatic rings. The summed E-state index contributed by atoms with van der Waals surface area (Å²) in [6.45, 7) is 4.39. The lowest BCUT2D eigenvalue weighted by Gasteiger charge is -2.09. The average Bonchev–Trinajstić information content (AvgIpc) is 2.67. The van der Waals surface area contributed by atoms with Gasteiger partial charge >= 0.3 is 0 Å². The maximum atomic E-state index is 8.91. The van der Waals surface area contributed by atoms with Crippen LogP contribution in [-0.2, 0) is 7.05 Å². The van der Waals surface area contributed by atoms with E-state index in [0.29, 0.717) is 11.5 Å². The molecule has 0 fully saturated rings. The zero-order valence-corrected chi connectivity index (χ0v) is 10.6. The van der Waals surface area contributed by atoms with E-state index in [2.05, 4.69) is 29.5 Å². The molecule has 0 amide bonds. The van der Waals surface area contributed by atoms with E-state index in [0.717, 1.165) is 29.7 Å². The molecule has 88 valence electrons. The molecule has 0 aliphatic carbocycles. The van der Waals surface area contributed by atoms with Crippen LogP contribution in [0.15, 0.2) is 18.2 Å². The van der Waals surface area contributed by atoms with Crippen LogP contribution in [0.3, 0.4) is 0 Å². The van der Waals surface area contributed by atoms with Gasteiger partial charge in [-0.1, -0.05) is 20.3 Å². The van der Waals surface area contributed by atoms with Crippen molar-refractivity contribution in [2.75, 3.05) is 0 Å². The van der Waals surface area contributed by atoms with Crippen LogP contribution in [0.5, 0.6) is 0 Å². The monoisotopic (exact) mass is 227 g/mol. The first-order chi connectivity index (χ1) is 8.17. The second-order valence-corrected chi connectivity index (χ2v) is 4.53. The van der Waals surface area contributed by atoms with Crippen LogP contribution >= 0.6 is 0 Å². The Bertz CT molecular complexity index is 575. The van der Waals surface area contributed by atoms with Crippen molar-refractivity contribution >= 4 is 11.0 Å². The molecule has 0 radical (unpaired) electrons. The van der Waals surface area contributed by atoms with E-state index in [1.54, 1.807) is 0 Å². The largest absolute Gasteiger partial charge is 0.331 e. The Morgan fingerprint density at radius 2 is 2.24 bits per heavy atom. The SMILES string of the molecule is CCCC(C)c1nc2ccc(C#N)cc2n1C. The molecule has 2 aromatic rings. The summed E-state index contributed by atoms with van der Waals surface area (Å²) in [5.74, 6) is 1.57. The molecule has 1 heterocycles. The highest BCUT2D eigenvalue weighted by Crippen LogP contribution is 2.24.